The highest BCUT2D eigenvalue weighted by atomic mass is 35.5. The van der Waals surface area contributed by atoms with Crippen LogP contribution in [0.5, 0.6) is 0 Å². The summed E-state index contributed by atoms with van der Waals surface area (Å²) in [5.41, 5.74) is 1.84. The molecule has 6 heteroatoms. The van der Waals surface area contributed by atoms with Crippen LogP contribution in [0.4, 0.5) is 0 Å². The first-order valence-electron chi connectivity index (χ1n) is 10.2. The van der Waals surface area contributed by atoms with Crippen molar-refractivity contribution in [2.24, 2.45) is 0 Å². The Kier molecular flexibility index (Phi) is 6.16. The highest BCUT2D eigenvalue weighted by Gasteiger charge is 2.40. The van der Waals surface area contributed by atoms with Gasteiger partial charge < -0.3 is 10.6 Å². The first-order valence-corrected chi connectivity index (χ1v) is 10.6. The number of benzene rings is 2. The first-order chi connectivity index (χ1) is 14.1. The zero-order valence-corrected chi connectivity index (χ0v) is 17.1. The fraction of sp³-hybridized carbons (Fsp3) is 0.391. The summed E-state index contributed by atoms with van der Waals surface area (Å²) in [7, 11) is 0. The average Bonchev–Trinajstić information content (AvgIpc) is 2.96. The molecule has 29 heavy (non-hydrogen) atoms. The summed E-state index contributed by atoms with van der Waals surface area (Å²) in [6.07, 6.45) is 4.27. The van der Waals surface area contributed by atoms with Crippen LogP contribution in [0.2, 0.25) is 5.02 Å². The number of carbonyl (C=O) groups excluding carboxylic acids is 2. The smallest absolute Gasteiger partial charge is 0.251 e. The lowest BCUT2D eigenvalue weighted by Gasteiger charge is -2.39. The van der Waals surface area contributed by atoms with Gasteiger partial charge in [-0.2, -0.15) is 0 Å². The highest BCUT2D eigenvalue weighted by molar-refractivity contribution is 6.30. The maximum absolute atomic E-state index is 12.3. The predicted octanol–water partition coefficient (Wildman–Crippen LogP) is 3.38. The molecule has 0 aliphatic carbocycles. The van der Waals surface area contributed by atoms with E-state index in [0.29, 0.717) is 17.6 Å². The fourth-order valence-corrected chi connectivity index (χ4v) is 4.71. The Hall–Kier alpha value is -2.37. The minimum Gasteiger partial charge on any atom is -0.352 e. The number of rotatable bonds is 6. The van der Waals surface area contributed by atoms with Crippen LogP contribution in [0.15, 0.2) is 54.6 Å². The van der Waals surface area contributed by atoms with Gasteiger partial charge in [-0.15, -0.1) is 0 Å². The van der Waals surface area contributed by atoms with Crippen LogP contribution in [-0.4, -0.2) is 41.4 Å². The Bertz CT molecular complexity index is 842. The summed E-state index contributed by atoms with van der Waals surface area (Å²) in [4.78, 5) is 27.0. The van der Waals surface area contributed by atoms with Crippen molar-refractivity contribution in [3.05, 3.63) is 70.7 Å². The summed E-state index contributed by atoms with van der Waals surface area (Å²) in [6.45, 7) is 0.939. The van der Waals surface area contributed by atoms with Gasteiger partial charge in [0.2, 0.25) is 5.91 Å². The first kappa shape index (κ1) is 19.9. The lowest BCUT2D eigenvalue weighted by Crippen LogP contribution is -2.51. The van der Waals surface area contributed by atoms with E-state index in [1.165, 1.54) is 18.4 Å². The predicted molar refractivity (Wildman–Crippen MR) is 114 cm³/mol. The van der Waals surface area contributed by atoms with Gasteiger partial charge >= 0.3 is 0 Å². The molecule has 152 valence electrons. The number of halogens is 1. The van der Waals surface area contributed by atoms with E-state index in [4.69, 9.17) is 11.6 Å². The number of nitrogens with one attached hydrogen (secondary N) is 2. The Labute approximate surface area is 176 Å². The normalized spacial score (nSPS) is 23.6. The van der Waals surface area contributed by atoms with Crippen molar-refractivity contribution in [3.63, 3.8) is 0 Å². The van der Waals surface area contributed by atoms with E-state index in [9.17, 15) is 9.59 Å². The lowest BCUT2D eigenvalue weighted by molar-refractivity contribution is -0.121. The molecule has 2 heterocycles. The number of amides is 2. The number of fused-ring (bicyclic) bond motifs is 2. The number of hydrogen-bond donors (Lipinski definition) is 2. The molecule has 2 saturated heterocycles. The molecule has 0 spiro atoms. The molecular weight excluding hydrogens is 386 g/mol. The molecule has 0 saturated carbocycles. The van der Waals surface area contributed by atoms with Crippen molar-refractivity contribution in [1.82, 2.24) is 15.5 Å². The number of carbonyl (C=O) groups is 2. The van der Waals surface area contributed by atoms with E-state index < -0.39 is 0 Å². The van der Waals surface area contributed by atoms with Gasteiger partial charge in [0.1, 0.15) is 0 Å². The molecule has 2 aromatic carbocycles. The zero-order valence-electron chi connectivity index (χ0n) is 16.3. The molecule has 0 radical (unpaired) electrons. The van der Waals surface area contributed by atoms with Crippen LogP contribution >= 0.6 is 11.6 Å². The van der Waals surface area contributed by atoms with Crippen LogP contribution < -0.4 is 10.6 Å². The second kappa shape index (κ2) is 8.97. The van der Waals surface area contributed by atoms with E-state index in [1.807, 2.05) is 30.3 Å². The van der Waals surface area contributed by atoms with Crippen molar-refractivity contribution in [2.75, 3.05) is 6.54 Å². The molecule has 4 rings (SSSR count). The minimum absolute atomic E-state index is 0.00799. The molecule has 3 atom stereocenters. The average molecular weight is 412 g/mol. The monoisotopic (exact) mass is 411 g/mol. The standard InChI is InChI=1S/C23H26ClN3O2/c24-18-8-6-16(7-9-18)15-27-20-10-11-21(27)13-19(12-20)26-22(28)14-25-23(29)17-4-2-1-3-5-17/h1-9,19-21H,10-15H2,(H,25,29)(H,26,28)/t19?,20-,21+. The van der Waals surface area contributed by atoms with Gasteiger partial charge in [0.15, 0.2) is 0 Å². The molecular formula is C23H26ClN3O2. The summed E-state index contributed by atoms with van der Waals surface area (Å²) in [5, 5.41) is 6.58. The molecule has 2 aromatic rings. The third-order valence-corrected chi connectivity index (χ3v) is 6.23. The topological polar surface area (TPSA) is 61.4 Å². The highest BCUT2D eigenvalue weighted by Crippen LogP contribution is 2.36. The van der Waals surface area contributed by atoms with Crippen LogP contribution in [0, 0.1) is 0 Å². The van der Waals surface area contributed by atoms with E-state index in [1.54, 1.807) is 12.1 Å². The van der Waals surface area contributed by atoms with E-state index >= 15 is 0 Å². The fourth-order valence-electron chi connectivity index (χ4n) is 4.58. The molecule has 0 aromatic heterocycles. The van der Waals surface area contributed by atoms with Crippen molar-refractivity contribution < 1.29 is 9.59 Å². The summed E-state index contributed by atoms with van der Waals surface area (Å²) in [6, 6.07) is 18.2. The molecule has 1 unspecified atom stereocenters. The quantitative estimate of drug-likeness (QED) is 0.766. The van der Waals surface area contributed by atoms with Crippen molar-refractivity contribution in [3.8, 4) is 0 Å². The van der Waals surface area contributed by atoms with Gasteiger partial charge in [-0.25, -0.2) is 0 Å². The molecule has 2 amide bonds. The summed E-state index contributed by atoms with van der Waals surface area (Å²) >= 11 is 5.99. The van der Waals surface area contributed by atoms with Gasteiger partial charge in [-0.3, -0.25) is 14.5 Å². The van der Waals surface area contributed by atoms with E-state index in [2.05, 4.69) is 27.7 Å². The zero-order chi connectivity index (χ0) is 20.2. The molecule has 2 N–H and O–H groups in total. The minimum atomic E-state index is -0.224. The van der Waals surface area contributed by atoms with Crippen molar-refractivity contribution in [1.29, 1.82) is 0 Å². The second-order valence-electron chi connectivity index (χ2n) is 7.97. The van der Waals surface area contributed by atoms with Crippen LogP contribution in [0.1, 0.15) is 41.6 Å². The number of nitrogens with zero attached hydrogens (tertiary/aromatic N) is 1. The van der Waals surface area contributed by atoms with Crippen molar-refractivity contribution in [2.45, 2.75) is 50.4 Å². The van der Waals surface area contributed by atoms with Gasteiger partial charge in [0, 0.05) is 35.3 Å². The third-order valence-electron chi connectivity index (χ3n) is 5.97. The Balaban J connectivity index is 1.26. The lowest BCUT2D eigenvalue weighted by atomic mass is 9.96. The van der Waals surface area contributed by atoms with Gasteiger partial charge in [0.05, 0.1) is 6.54 Å². The molecule has 5 nitrogen and oxygen atoms in total. The van der Waals surface area contributed by atoms with Crippen LogP contribution in [0.3, 0.4) is 0 Å². The maximum atomic E-state index is 12.3. The SMILES string of the molecule is O=C(CNC(=O)c1ccccc1)NC1C[C@H]2CC[C@@H](C1)N2Cc1ccc(Cl)cc1. The Morgan fingerprint density at radius 3 is 2.28 bits per heavy atom. The van der Waals surface area contributed by atoms with E-state index in [-0.39, 0.29) is 24.4 Å². The molecule has 2 aliphatic rings. The Morgan fingerprint density at radius 1 is 0.966 bits per heavy atom. The van der Waals surface area contributed by atoms with Gasteiger partial charge in [0.25, 0.3) is 5.91 Å². The third kappa shape index (κ3) is 4.98. The molecule has 2 bridgehead atoms. The van der Waals surface area contributed by atoms with Crippen molar-refractivity contribution >= 4 is 23.4 Å². The van der Waals surface area contributed by atoms with Crippen LogP contribution in [-0.2, 0) is 11.3 Å². The second-order valence-corrected chi connectivity index (χ2v) is 8.40. The number of hydrogen-bond acceptors (Lipinski definition) is 3. The molecule has 2 aliphatic heterocycles. The molecule has 2 fully saturated rings. The maximum Gasteiger partial charge on any atom is 0.251 e. The number of piperidine rings is 1. The van der Waals surface area contributed by atoms with Crippen LogP contribution in [0.25, 0.3) is 0 Å². The van der Waals surface area contributed by atoms with Gasteiger partial charge in [-0.1, -0.05) is 41.9 Å². The van der Waals surface area contributed by atoms with Gasteiger partial charge in [-0.05, 0) is 55.5 Å². The summed E-state index contributed by atoms with van der Waals surface area (Å²) < 4.78 is 0. The Morgan fingerprint density at radius 2 is 1.62 bits per heavy atom. The largest absolute Gasteiger partial charge is 0.352 e. The van der Waals surface area contributed by atoms with E-state index in [0.717, 1.165) is 24.4 Å². The summed E-state index contributed by atoms with van der Waals surface area (Å²) in [5.74, 6) is -0.344.